The maximum absolute atomic E-state index is 14.3. The molecule has 2 aliphatic rings. The monoisotopic (exact) mass is 850 g/mol. The van der Waals surface area contributed by atoms with Crippen molar-refractivity contribution in [2.45, 2.75) is 181 Å². The second-order valence-corrected chi connectivity index (χ2v) is 21.7. The zero-order valence-corrected chi connectivity index (χ0v) is 39.4. The number of likely N-dealkylation sites (N-methyl/N-ethyl adjacent to an activating group) is 1. The van der Waals surface area contributed by atoms with Crippen molar-refractivity contribution in [2.24, 2.45) is 17.8 Å². The number of Topliss-reactive ketones (excluding diaryl/α,β-unsaturated/α-hetero) is 1. The maximum Gasteiger partial charge on any atom is 0.308 e. The number of hydrogen-bond donors (Lipinski definition) is 0. The summed E-state index contributed by atoms with van der Waals surface area (Å²) in [4.78, 5) is 67.8. The Hall–Kier alpha value is -3.01. The molecule has 0 aliphatic carbocycles. The van der Waals surface area contributed by atoms with Crippen molar-refractivity contribution >= 4 is 37.8 Å². The highest BCUT2D eigenvalue weighted by Crippen LogP contribution is 2.38. The highest BCUT2D eigenvalue weighted by Gasteiger charge is 2.52. The molecule has 0 spiro atoms. The Bertz CT molecular complexity index is 1480. The van der Waals surface area contributed by atoms with Gasteiger partial charge in [0.25, 0.3) is 0 Å². The summed E-state index contributed by atoms with van der Waals surface area (Å²) in [5.41, 5.74) is -0.617. The third-order valence-corrected chi connectivity index (χ3v) is 16.7. The molecule has 0 aromatic rings. The van der Waals surface area contributed by atoms with Crippen molar-refractivity contribution in [3.63, 3.8) is 0 Å². The molecule has 12 atom stereocenters. The number of ether oxygens (including phenoxy) is 6. The van der Waals surface area contributed by atoms with Gasteiger partial charge >= 0.3 is 17.9 Å². The van der Waals surface area contributed by atoms with Gasteiger partial charge < -0.3 is 37.6 Å². The van der Waals surface area contributed by atoms with E-state index in [-0.39, 0.29) is 37.4 Å². The van der Waals surface area contributed by atoms with Crippen molar-refractivity contribution in [3.8, 4) is 0 Å². The highest BCUT2D eigenvalue weighted by atomic mass is 28.4. The molecule has 0 bridgehead atoms. The number of esters is 3. The Balaban J connectivity index is 2.94. The smallest absolute Gasteiger partial charge is 0.308 e. The molecule has 2 rings (SSSR count). The standard InChI is InChI=1S/C45H75NO12Si/c1-16-23-52-45(13)27-29(7)41(57-44-43(55-34(12)49)40(46(14)15)42(32(10)53-44)54-33(11)48)31(9)37(58-59(18-3,19-4)20-5)26-39(51)56-36(17-2)35(25-30(8)47)24-28(6)21-22-38(45)50/h16,21-22,24,29,31-32,35-37,40-44H,1,17-20,23,25-27H2,2-15H3/b22-21+,28-24+/t29-,31-,32?,35?,36?,37+,40?,41-,42?,43?,44?,45-/m0/s1. The maximum atomic E-state index is 14.3. The molecular formula is C45H75NO12Si. The first-order chi connectivity index (χ1) is 27.6. The van der Waals surface area contributed by atoms with Gasteiger partial charge in [-0.3, -0.25) is 24.1 Å². The molecular weight excluding hydrogens is 775 g/mol. The summed E-state index contributed by atoms with van der Waals surface area (Å²) in [5, 5.41) is 0. The van der Waals surface area contributed by atoms with Crippen LogP contribution in [0.1, 0.15) is 109 Å². The Morgan fingerprint density at radius 1 is 0.949 bits per heavy atom. The second-order valence-electron chi connectivity index (χ2n) is 17.0. The van der Waals surface area contributed by atoms with Crippen molar-refractivity contribution in [2.75, 3.05) is 20.7 Å². The van der Waals surface area contributed by atoms with E-state index in [9.17, 15) is 24.0 Å². The first-order valence-electron chi connectivity index (χ1n) is 21.4. The van der Waals surface area contributed by atoms with Crippen LogP contribution in [0.5, 0.6) is 0 Å². The molecule has 1 fully saturated rings. The van der Waals surface area contributed by atoms with Gasteiger partial charge in [0.2, 0.25) is 0 Å². The fourth-order valence-electron chi connectivity index (χ4n) is 8.63. The van der Waals surface area contributed by atoms with Crippen molar-refractivity contribution in [3.05, 3.63) is 36.5 Å². The molecule has 13 nitrogen and oxygen atoms in total. The average molecular weight is 850 g/mol. The van der Waals surface area contributed by atoms with Gasteiger partial charge in [-0.15, -0.1) is 6.58 Å². The summed E-state index contributed by atoms with van der Waals surface area (Å²) >= 11 is 0. The van der Waals surface area contributed by atoms with Crippen LogP contribution in [-0.2, 0) is 56.8 Å². The van der Waals surface area contributed by atoms with Gasteiger partial charge in [-0.25, -0.2) is 0 Å². The van der Waals surface area contributed by atoms with Crippen LogP contribution in [0.25, 0.3) is 0 Å². The molecule has 0 aromatic carbocycles. The molecule has 59 heavy (non-hydrogen) atoms. The molecule has 14 heteroatoms. The first kappa shape index (κ1) is 52.1. The summed E-state index contributed by atoms with van der Waals surface area (Å²) in [6.07, 6.45) is 1.59. The average Bonchev–Trinajstić information content (AvgIpc) is 3.15. The fraction of sp³-hybridized carbons (Fsp3) is 0.756. The summed E-state index contributed by atoms with van der Waals surface area (Å²) in [5.74, 6) is -3.28. The number of nitrogens with zero attached hydrogens (tertiary/aromatic N) is 1. The lowest BCUT2D eigenvalue weighted by Crippen LogP contribution is -2.65. The topological polar surface area (TPSA) is 153 Å². The SMILES string of the molecule is C=CCO[C@@]1(C)C[C@H](C)[C@H](OC2OC(C)C(OC(C)=O)C(N(C)C)C2OC(C)=O)[C@@H](C)[C@H](O[Si](CC)(CC)CC)CC(=O)OC(CC)C(CC(C)=O)/C=C(C)/C=C/C1=O. The predicted octanol–water partition coefficient (Wildman–Crippen LogP) is 7.32. The van der Waals surface area contributed by atoms with Gasteiger partial charge in [0.15, 0.2) is 26.5 Å². The number of carbonyl (C=O) groups is 5. The van der Waals surface area contributed by atoms with E-state index in [1.807, 2.05) is 38.7 Å². The minimum absolute atomic E-state index is 0.0520. The van der Waals surface area contributed by atoms with Gasteiger partial charge in [-0.2, -0.15) is 0 Å². The van der Waals surface area contributed by atoms with Crippen LogP contribution in [0, 0.1) is 17.8 Å². The van der Waals surface area contributed by atoms with Gasteiger partial charge in [0.1, 0.15) is 23.6 Å². The summed E-state index contributed by atoms with van der Waals surface area (Å²) in [6, 6.07) is 1.79. The molecule has 1 saturated heterocycles. The van der Waals surface area contributed by atoms with Crippen LogP contribution < -0.4 is 0 Å². The van der Waals surface area contributed by atoms with Crippen molar-refractivity contribution in [1.29, 1.82) is 0 Å². The van der Waals surface area contributed by atoms with Crippen LogP contribution in [0.3, 0.4) is 0 Å². The normalized spacial score (nSPS) is 34.3. The number of carbonyl (C=O) groups excluding carboxylic acids is 5. The Labute approximate surface area is 355 Å². The molecule has 7 unspecified atom stereocenters. The minimum Gasteiger partial charge on any atom is -0.462 e. The number of cyclic esters (lactones) is 1. The van der Waals surface area contributed by atoms with Crippen LogP contribution in [0.2, 0.25) is 18.1 Å². The molecule has 0 N–H and O–H groups in total. The summed E-state index contributed by atoms with van der Waals surface area (Å²) in [6.45, 7) is 25.6. The zero-order chi connectivity index (χ0) is 44.8. The number of ketones is 2. The third kappa shape index (κ3) is 14.8. The molecule has 0 radical (unpaired) electrons. The van der Waals surface area contributed by atoms with Crippen LogP contribution in [-0.4, -0.2) is 118 Å². The van der Waals surface area contributed by atoms with E-state index in [2.05, 4.69) is 27.4 Å². The summed E-state index contributed by atoms with van der Waals surface area (Å²) < 4.78 is 45.0. The molecule has 0 aromatic heterocycles. The molecule has 0 amide bonds. The quantitative estimate of drug-likeness (QED) is 0.0661. The van der Waals surface area contributed by atoms with Gasteiger partial charge in [0.05, 0.1) is 37.4 Å². The second kappa shape index (κ2) is 23.8. The lowest BCUT2D eigenvalue weighted by molar-refractivity contribution is -0.307. The predicted molar refractivity (Wildman–Crippen MR) is 229 cm³/mol. The Morgan fingerprint density at radius 3 is 2.05 bits per heavy atom. The first-order valence-corrected chi connectivity index (χ1v) is 24.0. The van der Waals surface area contributed by atoms with E-state index in [0.717, 1.165) is 23.7 Å². The summed E-state index contributed by atoms with van der Waals surface area (Å²) in [7, 11) is 1.20. The largest absolute Gasteiger partial charge is 0.462 e. The highest BCUT2D eigenvalue weighted by molar-refractivity contribution is 6.73. The van der Waals surface area contributed by atoms with E-state index < -0.39 is 98.5 Å². The number of allylic oxidation sites excluding steroid dienone is 2. The van der Waals surface area contributed by atoms with Crippen molar-refractivity contribution < 1.29 is 56.8 Å². The lowest BCUT2D eigenvalue weighted by Gasteiger charge is -2.49. The lowest BCUT2D eigenvalue weighted by atomic mass is 9.80. The van der Waals surface area contributed by atoms with Gasteiger partial charge in [-0.1, -0.05) is 65.3 Å². The molecule has 336 valence electrons. The van der Waals surface area contributed by atoms with Crippen LogP contribution in [0.4, 0.5) is 0 Å². The van der Waals surface area contributed by atoms with E-state index in [1.165, 1.54) is 26.8 Å². The van der Waals surface area contributed by atoms with E-state index in [1.54, 1.807) is 40.1 Å². The number of hydrogen-bond acceptors (Lipinski definition) is 13. The Kier molecular flexibility index (Phi) is 21.1. The van der Waals surface area contributed by atoms with Gasteiger partial charge in [0, 0.05) is 32.1 Å². The van der Waals surface area contributed by atoms with Crippen molar-refractivity contribution in [1.82, 2.24) is 4.90 Å². The van der Waals surface area contributed by atoms with Crippen LogP contribution in [0.15, 0.2) is 36.5 Å². The van der Waals surface area contributed by atoms with E-state index in [0.29, 0.717) is 6.42 Å². The Morgan fingerprint density at radius 2 is 1.54 bits per heavy atom. The van der Waals surface area contributed by atoms with E-state index in [4.69, 9.17) is 32.8 Å². The third-order valence-electron chi connectivity index (χ3n) is 12.0. The molecule has 2 aliphatic heterocycles. The van der Waals surface area contributed by atoms with E-state index >= 15 is 0 Å². The molecule has 0 saturated carbocycles. The van der Waals surface area contributed by atoms with Gasteiger partial charge in [-0.05, 0) is 84.8 Å². The molecule has 2 heterocycles. The zero-order valence-electron chi connectivity index (χ0n) is 38.4. The van der Waals surface area contributed by atoms with Crippen LogP contribution >= 0.6 is 0 Å². The fourth-order valence-corrected chi connectivity index (χ4v) is 11.6. The minimum atomic E-state index is -2.40. The number of rotatable bonds is 16.